The Balaban J connectivity index is 0.000001000. The van der Waals surface area contributed by atoms with E-state index in [1.807, 2.05) is 0 Å². The van der Waals surface area contributed by atoms with Crippen LogP contribution in [0.25, 0.3) is 0 Å². The topological polar surface area (TPSA) is 3.24 Å². The Morgan fingerprint density at radius 3 is 2.27 bits per heavy atom. The van der Waals surface area contributed by atoms with Crippen molar-refractivity contribution in [3.05, 3.63) is 0 Å². The minimum atomic E-state index is 0. The number of nitrogens with zero attached hydrogens (tertiary/aromatic N) is 1. The van der Waals surface area contributed by atoms with E-state index in [1.54, 1.807) is 0 Å². The first-order valence-corrected chi connectivity index (χ1v) is 4.26. The van der Waals surface area contributed by atoms with Crippen molar-refractivity contribution in [2.24, 2.45) is 5.92 Å². The summed E-state index contributed by atoms with van der Waals surface area (Å²) >= 11 is 0. The molecule has 0 N–H and O–H groups in total. The van der Waals surface area contributed by atoms with E-state index in [-0.39, 0.29) is 37.7 Å². The number of likely N-dealkylation sites (tertiary alicyclic amines) is 1. The monoisotopic (exact) mass is 181 g/mol. The van der Waals surface area contributed by atoms with Crippen LogP contribution in [0.5, 0.6) is 0 Å². The van der Waals surface area contributed by atoms with Gasteiger partial charge in [0.05, 0.1) is 0 Å². The predicted molar refractivity (Wildman–Crippen MR) is 50.9 cm³/mol. The number of hydrogen-bond acceptors (Lipinski definition) is 1. The van der Waals surface area contributed by atoms with Crippen LogP contribution in [0.3, 0.4) is 0 Å². The van der Waals surface area contributed by atoms with Crippen molar-refractivity contribution in [1.82, 2.24) is 4.90 Å². The van der Waals surface area contributed by atoms with E-state index in [4.69, 9.17) is 0 Å². The van der Waals surface area contributed by atoms with Gasteiger partial charge in [0.2, 0.25) is 0 Å². The Morgan fingerprint density at radius 1 is 1.36 bits per heavy atom. The molecule has 0 spiro atoms. The standard InChI is InChI=1S/C9H19N.Ca/c1-8-6-5-7-10(4)9(8,2)3;/h8H,5-7H2,1-4H3;. The zero-order valence-corrected chi connectivity index (χ0v) is 10.6. The molecule has 1 unspecified atom stereocenters. The molecule has 0 aliphatic carbocycles. The minimum absolute atomic E-state index is 0. The zero-order chi connectivity index (χ0) is 7.78. The molecular weight excluding hydrogens is 162 g/mol. The van der Waals surface area contributed by atoms with Crippen molar-refractivity contribution in [3.8, 4) is 0 Å². The molecule has 1 nitrogen and oxygen atoms in total. The van der Waals surface area contributed by atoms with Gasteiger partial charge >= 0.3 is 0 Å². The average Bonchev–Trinajstić information content (AvgIpc) is 1.84. The third-order valence-corrected chi connectivity index (χ3v) is 3.32. The number of piperidine rings is 1. The van der Waals surface area contributed by atoms with Crippen molar-refractivity contribution in [2.75, 3.05) is 13.6 Å². The van der Waals surface area contributed by atoms with Crippen LogP contribution < -0.4 is 0 Å². The van der Waals surface area contributed by atoms with Gasteiger partial charge in [-0.1, -0.05) is 6.92 Å². The van der Waals surface area contributed by atoms with Gasteiger partial charge in [-0.25, -0.2) is 0 Å². The van der Waals surface area contributed by atoms with Crippen LogP contribution >= 0.6 is 0 Å². The van der Waals surface area contributed by atoms with Crippen molar-refractivity contribution in [2.45, 2.75) is 39.2 Å². The predicted octanol–water partition coefficient (Wildman–Crippen LogP) is 1.75. The van der Waals surface area contributed by atoms with Crippen LogP contribution in [0, 0.1) is 5.92 Å². The number of rotatable bonds is 0. The van der Waals surface area contributed by atoms with Crippen LogP contribution in [0.4, 0.5) is 0 Å². The van der Waals surface area contributed by atoms with Crippen LogP contribution in [0.2, 0.25) is 0 Å². The maximum absolute atomic E-state index is 2.47. The molecular formula is C9H19CaN. The molecule has 1 aliphatic rings. The van der Waals surface area contributed by atoms with Gasteiger partial charge in [-0.3, -0.25) is 0 Å². The fourth-order valence-electron chi connectivity index (χ4n) is 1.65. The molecule has 0 aromatic carbocycles. The van der Waals surface area contributed by atoms with Gasteiger partial charge in [-0.2, -0.15) is 0 Å². The molecule has 2 heteroatoms. The zero-order valence-electron chi connectivity index (χ0n) is 8.35. The summed E-state index contributed by atoms with van der Waals surface area (Å²) in [6, 6.07) is 0. The molecule has 0 saturated carbocycles. The summed E-state index contributed by atoms with van der Waals surface area (Å²) in [4.78, 5) is 2.47. The second kappa shape index (κ2) is 4.45. The van der Waals surface area contributed by atoms with E-state index < -0.39 is 0 Å². The van der Waals surface area contributed by atoms with Gasteiger partial charge in [0, 0.05) is 43.3 Å². The average molecular weight is 181 g/mol. The quantitative estimate of drug-likeness (QED) is 0.515. The van der Waals surface area contributed by atoms with E-state index in [2.05, 4.69) is 32.7 Å². The van der Waals surface area contributed by atoms with Crippen molar-refractivity contribution >= 4 is 37.7 Å². The van der Waals surface area contributed by atoms with E-state index in [0.717, 1.165) is 5.92 Å². The van der Waals surface area contributed by atoms with Gasteiger partial charge in [0.1, 0.15) is 0 Å². The van der Waals surface area contributed by atoms with Crippen LogP contribution in [-0.4, -0.2) is 61.8 Å². The SMILES string of the molecule is CC1CCCN(C)C1(C)C.[Ca]. The van der Waals surface area contributed by atoms with E-state index in [9.17, 15) is 0 Å². The van der Waals surface area contributed by atoms with Crippen LogP contribution in [0.15, 0.2) is 0 Å². The molecule has 1 heterocycles. The number of hydrogen-bond donors (Lipinski definition) is 0. The van der Waals surface area contributed by atoms with Gasteiger partial charge in [0.25, 0.3) is 0 Å². The van der Waals surface area contributed by atoms with Crippen molar-refractivity contribution in [3.63, 3.8) is 0 Å². The van der Waals surface area contributed by atoms with Gasteiger partial charge in [-0.15, -0.1) is 0 Å². The fourth-order valence-corrected chi connectivity index (χ4v) is 1.65. The first-order valence-electron chi connectivity index (χ1n) is 4.26. The molecule has 1 aliphatic heterocycles. The van der Waals surface area contributed by atoms with E-state index in [1.165, 1.54) is 19.4 Å². The summed E-state index contributed by atoms with van der Waals surface area (Å²) in [7, 11) is 2.23. The molecule has 1 rings (SSSR count). The second-order valence-electron chi connectivity index (χ2n) is 4.12. The maximum atomic E-state index is 2.47. The maximum Gasteiger partial charge on any atom is 0.0175 e. The Labute approximate surface area is 101 Å². The molecule has 62 valence electrons. The second-order valence-corrected chi connectivity index (χ2v) is 4.12. The third-order valence-electron chi connectivity index (χ3n) is 3.32. The van der Waals surface area contributed by atoms with Gasteiger partial charge in [-0.05, 0) is 46.2 Å². The molecule has 0 bridgehead atoms. The molecule has 0 aromatic rings. The Morgan fingerprint density at radius 2 is 1.91 bits per heavy atom. The molecule has 1 atom stereocenters. The molecule has 11 heavy (non-hydrogen) atoms. The molecule has 2 radical (unpaired) electrons. The molecule has 1 fully saturated rings. The Bertz CT molecular complexity index is 111. The van der Waals surface area contributed by atoms with Crippen molar-refractivity contribution in [1.29, 1.82) is 0 Å². The summed E-state index contributed by atoms with van der Waals surface area (Å²) in [5.41, 5.74) is 0.429. The van der Waals surface area contributed by atoms with Crippen LogP contribution in [-0.2, 0) is 0 Å². The molecule has 1 saturated heterocycles. The summed E-state index contributed by atoms with van der Waals surface area (Å²) in [6.07, 6.45) is 2.78. The first-order chi connectivity index (χ1) is 4.55. The largest absolute Gasteiger partial charge is 0.301 e. The summed E-state index contributed by atoms with van der Waals surface area (Å²) in [5, 5.41) is 0. The summed E-state index contributed by atoms with van der Waals surface area (Å²) < 4.78 is 0. The third kappa shape index (κ3) is 2.58. The fraction of sp³-hybridized carbons (Fsp3) is 1.00. The Hall–Kier alpha value is 1.22. The smallest absolute Gasteiger partial charge is 0.0175 e. The minimum Gasteiger partial charge on any atom is -0.301 e. The summed E-state index contributed by atoms with van der Waals surface area (Å²) in [5.74, 6) is 0.853. The van der Waals surface area contributed by atoms with E-state index in [0.29, 0.717) is 5.54 Å². The normalized spacial score (nSPS) is 31.1. The van der Waals surface area contributed by atoms with Crippen molar-refractivity contribution < 1.29 is 0 Å². The van der Waals surface area contributed by atoms with Gasteiger partial charge in [0.15, 0.2) is 0 Å². The first kappa shape index (κ1) is 12.2. The molecule has 0 aromatic heterocycles. The molecule has 0 amide bonds. The van der Waals surface area contributed by atoms with Gasteiger partial charge < -0.3 is 4.90 Å². The van der Waals surface area contributed by atoms with Crippen LogP contribution in [0.1, 0.15) is 33.6 Å². The van der Waals surface area contributed by atoms with E-state index >= 15 is 0 Å². The summed E-state index contributed by atoms with van der Waals surface area (Å²) in [6.45, 7) is 8.32. The Kier molecular flexibility index (Phi) is 4.95.